The molecule has 0 amide bonds. The molecule has 0 saturated carbocycles. The Morgan fingerprint density at radius 3 is 2.82 bits per heavy atom. The van der Waals surface area contributed by atoms with Gasteiger partial charge in [-0.15, -0.1) is 0 Å². The van der Waals surface area contributed by atoms with E-state index >= 15 is 0 Å². The highest BCUT2D eigenvalue weighted by molar-refractivity contribution is 5.28. The smallest absolute Gasteiger partial charge is 0.0946 e. The first kappa shape index (κ1) is 11.9. The van der Waals surface area contributed by atoms with Crippen LogP contribution in [0.3, 0.4) is 0 Å². The molecule has 1 aromatic carbocycles. The predicted molar refractivity (Wildman–Crippen MR) is 69.8 cm³/mol. The molecule has 1 unspecified atom stereocenters. The number of benzene rings is 1. The molecule has 0 aliphatic heterocycles. The molecule has 0 fully saturated rings. The van der Waals surface area contributed by atoms with Crippen LogP contribution in [0, 0.1) is 6.92 Å². The number of nitrogens with one attached hydrogen (secondary N) is 1. The van der Waals surface area contributed by atoms with Gasteiger partial charge in [0.1, 0.15) is 0 Å². The zero-order chi connectivity index (χ0) is 12.1. The number of rotatable bonds is 5. The van der Waals surface area contributed by atoms with Crippen LogP contribution in [0.1, 0.15) is 24.1 Å². The van der Waals surface area contributed by atoms with E-state index in [4.69, 9.17) is 0 Å². The van der Waals surface area contributed by atoms with E-state index in [-0.39, 0.29) is 0 Å². The van der Waals surface area contributed by atoms with E-state index in [1.165, 1.54) is 11.1 Å². The maximum Gasteiger partial charge on any atom is 0.0946 e. The van der Waals surface area contributed by atoms with Crippen molar-refractivity contribution in [3.63, 3.8) is 0 Å². The lowest BCUT2D eigenvalue weighted by Crippen LogP contribution is -2.25. The zero-order valence-corrected chi connectivity index (χ0v) is 10.4. The van der Waals surface area contributed by atoms with E-state index in [0.717, 1.165) is 13.1 Å². The number of likely N-dealkylation sites (N-methyl/N-ethyl adjacent to an activating group) is 1. The molecule has 0 aliphatic rings. The van der Waals surface area contributed by atoms with Crippen molar-refractivity contribution in [1.82, 2.24) is 14.9 Å². The SMILES string of the molecule is CCNC(Cn1ccnc1)c1ccccc1C. The van der Waals surface area contributed by atoms with Gasteiger partial charge in [0.15, 0.2) is 0 Å². The molecular formula is C14H19N3. The van der Waals surface area contributed by atoms with E-state index in [0.29, 0.717) is 6.04 Å². The molecule has 2 rings (SSSR count). The molecule has 3 heteroatoms. The number of aryl methyl sites for hydroxylation is 1. The van der Waals surface area contributed by atoms with Crippen molar-refractivity contribution < 1.29 is 0 Å². The fraction of sp³-hybridized carbons (Fsp3) is 0.357. The molecule has 2 aromatic rings. The zero-order valence-electron chi connectivity index (χ0n) is 10.4. The third-order valence-electron chi connectivity index (χ3n) is 2.97. The third-order valence-corrected chi connectivity index (χ3v) is 2.97. The fourth-order valence-corrected chi connectivity index (χ4v) is 2.10. The van der Waals surface area contributed by atoms with Crippen molar-refractivity contribution >= 4 is 0 Å². The minimum atomic E-state index is 0.343. The topological polar surface area (TPSA) is 29.9 Å². The van der Waals surface area contributed by atoms with Crippen LogP contribution in [-0.2, 0) is 6.54 Å². The molecule has 1 aromatic heterocycles. The molecule has 0 saturated heterocycles. The maximum absolute atomic E-state index is 4.09. The van der Waals surface area contributed by atoms with Crippen molar-refractivity contribution in [3.8, 4) is 0 Å². The first-order chi connectivity index (χ1) is 8.31. The Labute approximate surface area is 103 Å². The largest absolute Gasteiger partial charge is 0.336 e. The summed E-state index contributed by atoms with van der Waals surface area (Å²) in [7, 11) is 0. The summed E-state index contributed by atoms with van der Waals surface area (Å²) in [5, 5.41) is 3.53. The van der Waals surface area contributed by atoms with E-state index in [9.17, 15) is 0 Å². The van der Waals surface area contributed by atoms with Gasteiger partial charge in [0.2, 0.25) is 0 Å². The number of nitrogens with zero attached hydrogens (tertiary/aromatic N) is 2. The maximum atomic E-state index is 4.09. The first-order valence-corrected chi connectivity index (χ1v) is 6.06. The molecule has 0 aliphatic carbocycles. The summed E-state index contributed by atoms with van der Waals surface area (Å²) >= 11 is 0. The summed E-state index contributed by atoms with van der Waals surface area (Å²) in [6.45, 7) is 6.18. The quantitative estimate of drug-likeness (QED) is 0.854. The lowest BCUT2D eigenvalue weighted by Gasteiger charge is -2.20. The van der Waals surface area contributed by atoms with Crippen molar-refractivity contribution in [2.24, 2.45) is 0 Å². The molecule has 0 spiro atoms. The predicted octanol–water partition coefficient (Wildman–Crippen LogP) is 2.54. The van der Waals surface area contributed by atoms with Gasteiger partial charge >= 0.3 is 0 Å². The van der Waals surface area contributed by atoms with Crippen LogP contribution in [0.2, 0.25) is 0 Å². The van der Waals surface area contributed by atoms with Crippen LogP contribution in [0.4, 0.5) is 0 Å². The van der Waals surface area contributed by atoms with Gasteiger partial charge in [-0.05, 0) is 24.6 Å². The summed E-state index contributed by atoms with van der Waals surface area (Å²) in [5.74, 6) is 0. The monoisotopic (exact) mass is 229 g/mol. The number of aromatic nitrogens is 2. The van der Waals surface area contributed by atoms with Gasteiger partial charge in [-0.2, -0.15) is 0 Å². The van der Waals surface area contributed by atoms with Crippen molar-refractivity contribution in [2.45, 2.75) is 26.4 Å². The van der Waals surface area contributed by atoms with Crippen LogP contribution in [0.25, 0.3) is 0 Å². The van der Waals surface area contributed by atoms with E-state index in [1.807, 2.05) is 18.7 Å². The summed E-state index contributed by atoms with van der Waals surface area (Å²) in [6, 6.07) is 8.88. The van der Waals surface area contributed by atoms with Crippen LogP contribution in [0.15, 0.2) is 43.0 Å². The van der Waals surface area contributed by atoms with Gasteiger partial charge in [-0.1, -0.05) is 31.2 Å². The van der Waals surface area contributed by atoms with Gasteiger partial charge in [-0.25, -0.2) is 4.98 Å². The average Bonchev–Trinajstić information content (AvgIpc) is 2.82. The first-order valence-electron chi connectivity index (χ1n) is 6.06. The lowest BCUT2D eigenvalue weighted by atomic mass is 10.0. The van der Waals surface area contributed by atoms with Crippen LogP contribution in [-0.4, -0.2) is 16.1 Å². The summed E-state index contributed by atoms with van der Waals surface area (Å²) in [6.07, 6.45) is 5.69. The number of hydrogen-bond acceptors (Lipinski definition) is 2. The minimum Gasteiger partial charge on any atom is -0.336 e. The molecule has 1 N–H and O–H groups in total. The minimum absolute atomic E-state index is 0.343. The van der Waals surface area contributed by atoms with E-state index in [2.05, 4.69) is 53.0 Å². The lowest BCUT2D eigenvalue weighted by molar-refractivity contribution is 0.473. The number of imidazole rings is 1. The summed E-state index contributed by atoms with van der Waals surface area (Å²) in [5.41, 5.74) is 2.70. The number of hydrogen-bond donors (Lipinski definition) is 1. The normalized spacial score (nSPS) is 12.6. The van der Waals surface area contributed by atoms with Crippen molar-refractivity contribution in [1.29, 1.82) is 0 Å². The highest BCUT2D eigenvalue weighted by atomic mass is 15.1. The van der Waals surface area contributed by atoms with Gasteiger partial charge in [0.05, 0.1) is 12.4 Å². The van der Waals surface area contributed by atoms with E-state index < -0.39 is 0 Å². The Bertz CT molecular complexity index is 448. The molecule has 17 heavy (non-hydrogen) atoms. The second-order valence-corrected chi connectivity index (χ2v) is 4.23. The molecule has 90 valence electrons. The van der Waals surface area contributed by atoms with Crippen molar-refractivity contribution in [2.75, 3.05) is 6.54 Å². The average molecular weight is 229 g/mol. The third kappa shape index (κ3) is 2.94. The molecule has 3 nitrogen and oxygen atoms in total. The van der Waals surface area contributed by atoms with Crippen molar-refractivity contribution in [3.05, 3.63) is 54.1 Å². The Hall–Kier alpha value is -1.61. The van der Waals surface area contributed by atoms with Gasteiger partial charge in [-0.3, -0.25) is 0 Å². The Kier molecular flexibility index (Phi) is 3.94. The van der Waals surface area contributed by atoms with Crippen LogP contribution < -0.4 is 5.32 Å². The Balaban J connectivity index is 2.20. The second kappa shape index (κ2) is 5.64. The summed E-state index contributed by atoms with van der Waals surface area (Å²) < 4.78 is 2.11. The molecule has 1 atom stereocenters. The van der Waals surface area contributed by atoms with Gasteiger partial charge in [0.25, 0.3) is 0 Å². The Morgan fingerprint density at radius 2 is 2.18 bits per heavy atom. The molecule has 1 heterocycles. The van der Waals surface area contributed by atoms with Gasteiger partial charge in [0, 0.05) is 18.9 Å². The standard InChI is InChI=1S/C14H19N3/c1-3-16-14(10-17-9-8-15-11-17)13-7-5-4-6-12(13)2/h4-9,11,14,16H,3,10H2,1-2H3. The molecular weight excluding hydrogens is 210 g/mol. The Morgan fingerprint density at radius 1 is 1.35 bits per heavy atom. The molecule has 0 bridgehead atoms. The summed E-state index contributed by atoms with van der Waals surface area (Å²) in [4.78, 5) is 4.09. The van der Waals surface area contributed by atoms with Crippen LogP contribution >= 0.6 is 0 Å². The second-order valence-electron chi connectivity index (χ2n) is 4.23. The fourth-order valence-electron chi connectivity index (χ4n) is 2.10. The highest BCUT2D eigenvalue weighted by Gasteiger charge is 2.12. The molecule has 0 radical (unpaired) electrons. The van der Waals surface area contributed by atoms with Crippen LogP contribution in [0.5, 0.6) is 0 Å². The van der Waals surface area contributed by atoms with Gasteiger partial charge < -0.3 is 9.88 Å². The highest BCUT2D eigenvalue weighted by Crippen LogP contribution is 2.19. The van der Waals surface area contributed by atoms with E-state index in [1.54, 1.807) is 0 Å².